The number of hydrogen-bond acceptors (Lipinski definition) is 3. The van der Waals surface area contributed by atoms with E-state index in [0.717, 1.165) is 23.6 Å². The normalized spacial score (nSPS) is 16.2. The molecule has 3 rings (SSSR count). The fraction of sp³-hybridized carbons (Fsp3) is 0.333. The molecule has 2 aromatic rings. The molecule has 0 saturated carbocycles. The molecule has 1 aliphatic rings. The van der Waals surface area contributed by atoms with Crippen LogP contribution in [-0.2, 0) is 4.74 Å². The molecule has 0 radical (unpaired) electrons. The Morgan fingerprint density at radius 2 is 1.95 bits per heavy atom. The van der Waals surface area contributed by atoms with Gasteiger partial charge in [0.15, 0.2) is 0 Å². The predicted molar refractivity (Wildman–Crippen MR) is 78.1 cm³/mol. The Bertz CT molecular complexity index is 639. The van der Waals surface area contributed by atoms with E-state index in [-0.39, 0.29) is 11.9 Å². The maximum atomic E-state index is 12.4. The smallest absolute Gasteiger partial charge is 0.253 e. The number of halogens is 1. The van der Waals surface area contributed by atoms with Gasteiger partial charge in [0.05, 0.1) is 5.56 Å². The minimum atomic E-state index is -0.0998. The van der Waals surface area contributed by atoms with Crippen LogP contribution in [0.2, 0.25) is 5.15 Å². The van der Waals surface area contributed by atoms with E-state index in [9.17, 15) is 4.79 Å². The number of nitrogens with zero attached hydrogens (tertiary/aromatic N) is 1. The van der Waals surface area contributed by atoms with Crippen molar-refractivity contribution in [3.05, 3.63) is 41.2 Å². The molecule has 1 aromatic heterocycles. The number of carbonyl (C=O) groups is 1. The molecule has 0 aliphatic carbocycles. The van der Waals surface area contributed by atoms with Crippen LogP contribution in [0, 0.1) is 0 Å². The number of aromatic nitrogens is 1. The maximum Gasteiger partial charge on any atom is 0.253 e. The molecular formula is C15H15ClN2O2. The molecule has 0 spiro atoms. The van der Waals surface area contributed by atoms with Gasteiger partial charge >= 0.3 is 0 Å². The number of amides is 1. The summed E-state index contributed by atoms with van der Waals surface area (Å²) in [5, 5.41) is 5.09. The number of carbonyl (C=O) groups excluding carboxylic acids is 1. The van der Waals surface area contributed by atoms with Crippen LogP contribution in [0.3, 0.4) is 0 Å². The lowest BCUT2D eigenvalue weighted by molar-refractivity contribution is 0.0697. The Morgan fingerprint density at radius 3 is 2.70 bits per heavy atom. The fourth-order valence-corrected chi connectivity index (χ4v) is 2.66. The molecule has 1 fully saturated rings. The van der Waals surface area contributed by atoms with Gasteiger partial charge in [-0.05, 0) is 18.2 Å². The molecule has 0 bridgehead atoms. The van der Waals surface area contributed by atoms with E-state index in [1.807, 2.05) is 24.3 Å². The summed E-state index contributed by atoms with van der Waals surface area (Å²) in [6.07, 6.45) is 3.24. The molecule has 20 heavy (non-hydrogen) atoms. The first-order chi connectivity index (χ1) is 9.75. The first kappa shape index (κ1) is 13.3. The van der Waals surface area contributed by atoms with Crippen LogP contribution in [0.15, 0.2) is 30.5 Å². The zero-order valence-electron chi connectivity index (χ0n) is 10.9. The largest absolute Gasteiger partial charge is 0.381 e. The van der Waals surface area contributed by atoms with Crippen molar-refractivity contribution >= 4 is 28.3 Å². The van der Waals surface area contributed by atoms with Gasteiger partial charge in [0.25, 0.3) is 5.91 Å². The highest BCUT2D eigenvalue weighted by atomic mass is 35.5. The number of benzene rings is 1. The van der Waals surface area contributed by atoms with Gasteiger partial charge in [0.2, 0.25) is 0 Å². The highest BCUT2D eigenvalue weighted by Gasteiger charge is 2.19. The average Bonchev–Trinajstić information content (AvgIpc) is 2.49. The van der Waals surface area contributed by atoms with Crippen LogP contribution in [0.25, 0.3) is 10.8 Å². The summed E-state index contributed by atoms with van der Waals surface area (Å²) in [7, 11) is 0. The van der Waals surface area contributed by atoms with Crippen molar-refractivity contribution in [3.8, 4) is 0 Å². The molecule has 104 valence electrons. The van der Waals surface area contributed by atoms with Crippen molar-refractivity contribution in [2.75, 3.05) is 13.2 Å². The van der Waals surface area contributed by atoms with Crippen LogP contribution in [0.5, 0.6) is 0 Å². The molecule has 0 atom stereocenters. The second kappa shape index (κ2) is 5.77. The molecule has 0 unspecified atom stereocenters. The van der Waals surface area contributed by atoms with Crippen LogP contribution in [-0.4, -0.2) is 30.1 Å². The van der Waals surface area contributed by atoms with E-state index in [0.29, 0.717) is 23.9 Å². The fourth-order valence-electron chi connectivity index (χ4n) is 2.44. The van der Waals surface area contributed by atoms with E-state index in [4.69, 9.17) is 16.3 Å². The van der Waals surface area contributed by atoms with Crippen molar-refractivity contribution in [2.24, 2.45) is 0 Å². The van der Waals surface area contributed by atoms with Crippen LogP contribution in [0.4, 0.5) is 0 Å². The zero-order chi connectivity index (χ0) is 13.9. The molecule has 1 aliphatic heterocycles. The summed E-state index contributed by atoms with van der Waals surface area (Å²) >= 11 is 6.07. The van der Waals surface area contributed by atoms with Gasteiger partial charge in [-0.15, -0.1) is 0 Å². The van der Waals surface area contributed by atoms with Gasteiger partial charge in [-0.2, -0.15) is 0 Å². The number of pyridine rings is 1. The third kappa shape index (κ3) is 2.62. The summed E-state index contributed by atoms with van der Waals surface area (Å²) in [6.45, 7) is 1.40. The lowest BCUT2D eigenvalue weighted by atomic mass is 10.1. The topological polar surface area (TPSA) is 51.2 Å². The van der Waals surface area contributed by atoms with Gasteiger partial charge in [-0.1, -0.05) is 35.9 Å². The monoisotopic (exact) mass is 290 g/mol. The SMILES string of the molecule is O=C(NC1CCOCC1)c1cnc(Cl)c2ccccc12. The minimum Gasteiger partial charge on any atom is -0.381 e. The number of hydrogen-bond donors (Lipinski definition) is 1. The quantitative estimate of drug-likeness (QED) is 0.865. The summed E-state index contributed by atoms with van der Waals surface area (Å²) in [5.41, 5.74) is 0.566. The number of nitrogens with one attached hydrogen (secondary N) is 1. The molecule has 5 heteroatoms. The Labute approximate surface area is 122 Å². The van der Waals surface area contributed by atoms with E-state index in [1.54, 1.807) is 6.20 Å². The average molecular weight is 291 g/mol. The summed E-state index contributed by atoms with van der Waals surface area (Å²) in [6, 6.07) is 7.71. The van der Waals surface area contributed by atoms with Crippen molar-refractivity contribution < 1.29 is 9.53 Å². The van der Waals surface area contributed by atoms with E-state index < -0.39 is 0 Å². The van der Waals surface area contributed by atoms with Gasteiger partial charge in [0.1, 0.15) is 5.15 Å². The Hall–Kier alpha value is -1.65. The summed E-state index contributed by atoms with van der Waals surface area (Å²) < 4.78 is 5.29. The number of rotatable bonds is 2. The highest BCUT2D eigenvalue weighted by molar-refractivity contribution is 6.34. The molecule has 1 aromatic carbocycles. The van der Waals surface area contributed by atoms with E-state index >= 15 is 0 Å². The predicted octanol–water partition coefficient (Wildman–Crippen LogP) is 2.80. The summed E-state index contributed by atoms with van der Waals surface area (Å²) in [5.74, 6) is -0.0998. The first-order valence-electron chi connectivity index (χ1n) is 6.67. The third-order valence-corrected chi connectivity index (χ3v) is 3.85. The molecular weight excluding hydrogens is 276 g/mol. The minimum absolute atomic E-state index is 0.0998. The molecule has 2 heterocycles. The lowest BCUT2D eigenvalue weighted by Crippen LogP contribution is -2.39. The highest BCUT2D eigenvalue weighted by Crippen LogP contribution is 2.24. The van der Waals surface area contributed by atoms with Crippen molar-refractivity contribution in [1.29, 1.82) is 0 Å². The lowest BCUT2D eigenvalue weighted by Gasteiger charge is -2.23. The summed E-state index contributed by atoms with van der Waals surface area (Å²) in [4.78, 5) is 16.5. The van der Waals surface area contributed by atoms with E-state index in [2.05, 4.69) is 10.3 Å². The Kier molecular flexibility index (Phi) is 3.85. The van der Waals surface area contributed by atoms with Crippen LogP contribution in [0.1, 0.15) is 23.2 Å². The van der Waals surface area contributed by atoms with Gasteiger partial charge < -0.3 is 10.1 Å². The van der Waals surface area contributed by atoms with Crippen molar-refractivity contribution in [3.63, 3.8) is 0 Å². The second-order valence-corrected chi connectivity index (χ2v) is 5.23. The first-order valence-corrected chi connectivity index (χ1v) is 7.05. The Morgan fingerprint density at radius 1 is 1.25 bits per heavy atom. The van der Waals surface area contributed by atoms with Crippen molar-refractivity contribution in [2.45, 2.75) is 18.9 Å². The van der Waals surface area contributed by atoms with Gasteiger partial charge in [-0.25, -0.2) is 4.98 Å². The molecule has 1 saturated heterocycles. The van der Waals surface area contributed by atoms with Crippen LogP contribution >= 0.6 is 11.6 Å². The Balaban J connectivity index is 1.89. The van der Waals surface area contributed by atoms with Crippen molar-refractivity contribution in [1.82, 2.24) is 10.3 Å². The van der Waals surface area contributed by atoms with Gasteiger partial charge in [0, 0.05) is 30.8 Å². The molecule has 4 nitrogen and oxygen atoms in total. The van der Waals surface area contributed by atoms with Gasteiger partial charge in [-0.3, -0.25) is 4.79 Å². The zero-order valence-corrected chi connectivity index (χ0v) is 11.7. The molecule has 1 amide bonds. The number of ether oxygens (including phenoxy) is 1. The number of fused-ring (bicyclic) bond motifs is 1. The maximum absolute atomic E-state index is 12.4. The third-order valence-electron chi connectivity index (χ3n) is 3.55. The van der Waals surface area contributed by atoms with E-state index in [1.165, 1.54) is 0 Å². The molecule has 1 N–H and O–H groups in total. The standard InChI is InChI=1S/C15H15ClN2O2/c16-14-12-4-2-1-3-11(12)13(9-17-14)15(19)18-10-5-7-20-8-6-10/h1-4,9-10H,5-8H2,(H,18,19). The van der Waals surface area contributed by atoms with Crippen LogP contribution < -0.4 is 5.32 Å². The second-order valence-electron chi connectivity index (χ2n) is 4.87.